The first kappa shape index (κ1) is 13.7. The van der Waals surface area contributed by atoms with Gasteiger partial charge in [0.15, 0.2) is 5.60 Å². The van der Waals surface area contributed by atoms with Crippen molar-refractivity contribution in [1.29, 1.82) is 0 Å². The molecule has 0 atom stereocenters. The zero-order valence-corrected chi connectivity index (χ0v) is 11.3. The van der Waals surface area contributed by atoms with E-state index in [0.29, 0.717) is 30.0 Å². The van der Waals surface area contributed by atoms with E-state index in [1.165, 1.54) is 0 Å². The SMILES string of the molecule is CCC1(CC)Oc2cccc(N)c2N(CCO)C1=O. The Kier molecular flexibility index (Phi) is 3.66. The number of para-hydroxylation sites is 1. The summed E-state index contributed by atoms with van der Waals surface area (Å²) in [6.07, 6.45) is 1.16. The van der Waals surface area contributed by atoms with Crippen LogP contribution in [0.5, 0.6) is 5.75 Å². The maximum absolute atomic E-state index is 12.6. The molecule has 1 aromatic rings. The van der Waals surface area contributed by atoms with E-state index < -0.39 is 5.60 Å². The monoisotopic (exact) mass is 264 g/mol. The van der Waals surface area contributed by atoms with Crippen LogP contribution in [0.2, 0.25) is 0 Å². The normalized spacial score (nSPS) is 17.0. The van der Waals surface area contributed by atoms with Gasteiger partial charge in [-0.1, -0.05) is 19.9 Å². The van der Waals surface area contributed by atoms with E-state index in [4.69, 9.17) is 10.5 Å². The average molecular weight is 264 g/mol. The van der Waals surface area contributed by atoms with Crippen molar-refractivity contribution in [1.82, 2.24) is 0 Å². The van der Waals surface area contributed by atoms with Gasteiger partial charge in [-0.05, 0) is 25.0 Å². The molecule has 1 aliphatic heterocycles. The van der Waals surface area contributed by atoms with Crippen molar-refractivity contribution >= 4 is 17.3 Å². The van der Waals surface area contributed by atoms with E-state index in [1.807, 2.05) is 19.9 Å². The number of amides is 1. The minimum absolute atomic E-state index is 0.108. The number of nitrogen functional groups attached to an aromatic ring is 1. The Balaban J connectivity index is 2.56. The molecule has 1 amide bonds. The van der Waals surface area contributed by atoms with Crippen molar-refractivity contribution in [3.8, 4) is 5.75 Å². The number of fused-ring (bicyclic) bond motifs is 1. The first-order chi connectivity index (χ1) is 9.09. The van der Waals surface area contributed by atoms with Crippen LogP contribution in [0.1, 0.15) is 26.7 Å². The number of rotatable bonds is 4. The summed E-state index contributed by atoms with van der Waals surface area (Å²) >= 11 is 0. The number of hydrogen-bond acceptors (Lipinski definition) is 4. The highest BCUT2D eigenvalue weighted by molar-refractivity contribution is 6.05. The molecule has 0 saturated heterocycles. The predicted molar refractivity (Wildman–Crippen MR) is 74.2 cm³/mol. The summed E-state index contributed by atoms with van der Waals surface area (Å²) in [5, 5.41) is 9.19. The van der Waals surface area contributed by atoms with Gasteiger partial charge in [0.05, 0.1) is 12.3 Å². The molecule has 19 heavy (non-hydrogen) atoms. The van der Waals surface area contributed by atoms with E-state index >= 15 is 0 Å². The predicted octanol–water partition coefficient (Wildman–Crippen LogP) is 1.55. The molecule has 5 heteroatoms. The van der Waals surface area contributed by atoms with Gasteiger partial charge in [0.2, 0.25) is 0 Å². The van der Waals surface area contributed by atoms with E-state index in [-0.39, 0.29) is 19.1 Å². The number of hydrogen-bond donors (Lipinski definition) is 2. The van der Waals surface area contributed by atoms with Crippen LogP contribution in [-0.4, -0.2) is 29.8 Å². The molecule has 0 aromatic heterocycles. The molecule has 0 bridgehead atoms. The van der Waals surface area contributed by atoms with Gasteiger partial charge < -0.3 is 20.5 Å². The first-order valence-electron chi connectivity index (χ1n) is 6.60. The largest absolute Gasteiger partial charge is 0.475 e. The number of nitrogens with zero attached hydrogens (tertiary/aromatic N) is 1. The molecule has 1 aromatic carbocycles. The summed E-state index contributed by atoms with van der Waals surface area (Å²) in [7, 11) is 0. The summed E-state index contributed by atoms with van der Waals surface area (Å²) in [6.45, 7) is 3.97. The van der Waals surface area contributed by atoms with Gasteiger partial charge >= 0.3 is 0 Å². The molecule has 5 nitrogen and oxygen atoms in total. The number of β-amino-alcohol motifs (C(OH)–C–C–N with tert-alkyl or cyclic N) is 1. The van der Waals surface area contributed by atoms with Crippen LogP contribution in [0.3, 0.4) is 0 Å². The average Bonchev–Trinajstić information content (AvgIpc) is 2.42. The van der Waals surface area contributed by atoms with E-state index in [1.54, 1.807) is 17.0 Å². The van der Waals surface area contributed by atoms with Crippen molar-refractivity contribution in [3.63, 3.8) is 0 Å². The van der Waals surface area contributed by atoms with E-state index in [9.17, 15) is 9.90 Å². The lowest BCUT2D eigenvalue weighted by Gasteiger charge is -2.42. The van der Waals surface area contributed by atoms with Gasteiger partial charge in [-0.2, -0.15) is 0 Å². The summed E-state index contributed by atoms with van der Waals surface area (Å²) in [4.78, 5) is 14.2. The number of aliphatic hydroxyl groups is 1. The van der Waals surface area contributed by atoms with Crippen LogP contribution < -0.4 is 15.4 Å². The third kappa shape index (κ3) is 2.04. The second-order valence-corrected chi connectivity index (χ2v) is 4.68. The van der Waals surface area contributed by atoms with Crippen LogP contribution in [0.15, 0.2) is 18.2 Å². The van der Waals surface area contributed by atoms with Gasteiger partial charge in [0.25, 0.3) is 5.91 Å². The van der Waals surface area contributed by atoms with Gasteiger partial charge in [-0.3, -0.25) is 4.79 Å². The molecule has 1 aliphatic rings. The number of aliphatic hydroxyl groups excluding tert-OH is 1. The smallest absolute Gasteiger partial charge is 0.271 e. The third-order valence-electron chi connectivity index (χ3n) is 3.71. The molecule has 0 fully saturated rings. The van der Waals surface area contributed by atoms with Crippen LogP contribution in [0.25, 0.3) is 0 Å². The lowest BCUT2D eigenvalue weighted by Crippen LogP contribution is -2.56. The molecule has 0 unspecified atom stereocenters. The number of carbonyl (C=O) groups is 1. The van der Waals surface area contributed by atoms with Gasteiger partial charge in [-0.25, -0.2) is 0 Å². The highest BCUT2D eigenvalue weighted by atomic mass is 16.5. The van der Waals surface area contributed by atoms with Crippen LogP contribution in [0.4, 0.5) is 11.4 Å². The second kappa shape index (κ2) is 5.09. The van der Waals surface area contributed by atoms with Crippen LogP contribution in [-0.2, 0) is 4.79 Å². The molecule has 0 spiro atoms. The van der Waals surface area contributed by atoms with Crippen molar-refractivity contribution in [3.05, 3.63) is 18.2 Å². The summed E-state index contributed by atoms with van der Waals surface area (Å²) in [5.74, 6) is 0.480. The minimum atomic E-state index is -0.851. The van der Waals surface area contributed by atoms with E-state index in [0.717, 1.165) is 0 Å². The van der Waals surface area contributed by atoms with Crippen molar-refractivity contribution < 1.29 is 14.6 Å². The summed E-state index contributed by atoms with van der Waals surface area (Å²) in [5.41, 5.74) is 6.14. The molecule has 1 heterocycles. The third-order valence-corrected chi connectivity index (χ3v) is 3.71. The van der Waals surface area contributed by atoms with Crippen molar-refractivity contribution in [2.24, 2.45) is 0 Å². The standard InChI is InChI=1S/C14H20N2O3/c1-3-14(4-2)13(18)16(8-9-17)12-10(15)6-5-7-11(12)19-14/h5-7,17H,3-4,8-9,15H2,1-2H3. The molecular formula is C14H20N2O3. The van der Waals surface area contributed by atoms with E-state index in [2.05, 4.69) is 0 Å². The van der Waals surface area contributed by atoms with Crippen molar-refractivity contribution in [2.75, 3.05) is 23.8 Å². The molecule has 0 radical (unpaired) electrons. The van der Waals surface area contributed by atoms with Gasteiger partial charge in [0.1, 0.15) is 11.4 Å². The number of benzene rings is 1. The maximum Gasteiger partial charge on any atom is 0.271 e. The molecule has 2 rings (SSSR count). The Hall–Kier alpha value is -1.75. The van der Waals surface area contributed by atoms with Gasteiger partial charge in [-0.15, -0.1) is 0 Å². The minimum Gasteiger partial charge on any atom is -0.475 e. The lowest BCUT2D eigenvalue weighted by atomic mass is 9.92. The first-order valence-corrected chi connectivity index (χ1v) is 6.60. The fraction of sp³-hybridized carbons (Fsp3) is 0.500. The molecule has 0 saturated carbocycles. The Labute approximate surface area is 113 Å². The van der Waals surface area contributed by atoms with Crippen LogP contribution >= 0.6 is 0 Å². The van der Waals surface area contributed by atoms with Crippen molar-refractivity contribution in [2.45, 2.75) is 32.3 Å². The molecule has 3 N–H and O–H groups in total. The van der Waals surface area contributed by atoms with Crippen LogP contribution in [0, 0.1) is 0 Å². The van der Waals surface area contributed by atoms with Gasteiger partial charge in [0, 0.05) is 6.54 Å². The Morgan fingerprint density at radius 2 is 2.05 bits per heavy atom. The quantitative estimate of drug-likeness (QED) is 0.809. The number of ether oxygens (including phenoxy) is 1. The second-order valence-electron chi connectivity index (χ2n) is 4.68. The fourth-order valence-electron chi connectivity index (χ4n) is 2.52. The fourth-order valence-corrected chi connectivity index (χ4v) is 2.52. The highest BCUT2D eigenvalue weighted by Crippen LogP contribution is 2.43. The Morgan fingerprint density at radius 1 is 1.37 bits per heavy atom. The molecule has 0 aliphatic carbocycles. The maximum atomic E-state index is 12.6. The Morgan fingerprint density at radius 3 is 2.63 bits per heavy atom. The lowest BCUT2D eigenvalue weighted by molar-refractivity contribution is -0.136. The number of carbonyl (C=O) groups excluding carboxylic acids is 1. The molecular weight excluding hydrogens is 244 g/mol. The highest BCUT2D eigenvalue weighted by Gasteiger charge is 2.46. The number of nitrogens with two attached hydrogens (primary N) is 1. The zero-order chi connectivity index (χ0) is 14.0. The Bertz CT molecular complexity index is 484. The summed E-state index contributed by atoms with van der Waals surface area (Å²) < 4.78 is 5.93. The number of anilines is 2. The zero-order valence-electron chi connectivity index (χ0n) is 11.3. The summed E-state index contributed by atoms with van der Waals surface area (Å²) in [6, 6.07) is 5.34. The molecule has 104 valence electrons. The topological polar surface area (TPSA) is 75.8 Å².